The molecule has 2 rings (SSSR count). The third kappa shape index (κ3) is 2.45. The van der Waals surface area contributed by atoms with Crippen LogP contribution in [0.2, 0.25) is 0 Å². The molecule has 98 valence electrons. The van der Waals surface area contributed by atoms with Crippen molar-refractivity contribution in [2.24, 2.45) is 0 Å². The summed E-state index contributed by atoms with van der Waals surface area (Å²) in [6.45, 7) is 3.55. The lowest BCUT2D eigenvalue weighted by molar-refractivity contribution is -0.137. The van der Waals surface area contributed by atoms with Gasteiger partial charge in [-0.3, -0.25) is 0 Å². The van der Waals surface area contributed by atoms with Crippen LogP contribution in [0.15, 0.2) is 24.3 Å². The highest BCUT2D eigenvalue weighted by Crippen LogP contribution is 2.31. The Hall–Kier alpha value is -2.29. The second-order valence-electron chi connectivity index (χ2n) is 4.18. The Bertz CT molecular complexity index is 663. The van der Waals surface area contributed by atoms with Crippen molar-refractivity contribution < 1.29 is 13.2 Å². The smallest absolute Gasteiger partial charge is 0.237 e. The fourth-order valence-corrected chi connectivity index (χ4v) is 1.86. The van der Waals surface area contributed by atoms with Gasteiger partial charge in [0, 0.05) is 5.69 Å². The average molecular weight is 265 g/mol. The second kappa shape index (κ2) is 4.43. The van der Waals surface area contributed by atoms with Crippen molar-refractivity contribution in [3.05, 3.63) is 46.8 Å². The molecule has 19 heavy (non-hydrogen) atoms. The highest BCUT2D eigenvalue weighted by molar-refractivity contribution is 5.51. The summed E-state index contributed by atoms with van der Waals surface area (Å²) in [4.78, 5) is 0. The van der Waals surface area contributed by atoms with Gasteiger partial charge in [0.15, 0.2) is 0 Å². The standard InChI is InChI=1S/C13H10F3N3/c1-8-5-9(2)19(18-8)12-4-3-11(13(14,15)16)6-10(12)7-17/h3-6H,1-2H3. The first-order chi connectivity index (χ1) is 8.82. The molecule has 1 heterocycles. The number of nitriles is 1. The van der Waals surface area contributed by atoms with Crippen LogP contribution in [-0.2, 0) is 6.18 Å². The molecule has 0 amide bonds. The number of rotatable bonds is 1. The molecule has 0 aliphatic rings. The number of benzene rings is 1. The molecule has 0 bridgehead atoms. The zero-order valence-electron chi connectivity index (χ0n) is 10.3. The topological polar surface area (TPSA) is 41.6 Å². The fraction of sp³-hybridized carbons (Fsp3) is 0.231. The van der Waals surface area contributed by atoms with Crippen molar-refractivity contribution in [3.63, 3.8) is 0 Å². The fourth-order valence-electron chi connectivity index (χ4n) is 1.86. The summed E-state index contributed by atoms with van der Waals surface area (Å²) in [6, 6.07) is 6.63. The van der Waals surface area contributed by atoms with Gasteiger partial charge in [0.05, 0.1) is 22.5 Å². The molecule has 0 atom stereocenters. The van der Waals surface area contributed by atoms with Crippen molar-refractivity contribution in [1.29, 1.82) is 5.26 Å². The summed E-state index contributed by atoms with van der Waals surface area (Å²) in [5.74, 6) is 0. The van der Waals surface area contributed by atoms with E-state index >= 15 is 0 Å². The van der Waals surface area contributed by atoms with Gasteiger partial charge in [-0.05, 0) is 38.1 Å². The van der Waals surface area contributed by atoms with Crippen LogP contribution in [-0.4, -0.2) is 9.78 Å². The SMILES string of the molecule is Cc1cc(C)n(-c2ccc(C(F)(F)F)cc2C#N)n1. The highest BCUT2D eigenvalue weighted by Gasteiger charge is 2.31. The van der Waals surface area contributed by atoms with Crippen molar-refractivity contribution >= 4 is 0 Å². The second-order valence-corrected chi connectivity index (χ2v) is 4.18. The zero-order valence-corrected chi connectivity index (χ0v) is 10.3. The van der Waals surface area contributed by atoms with Crippen LogP contribution in [0, 0.1) is 25.2 Å². The van der Waals surface area contributed by atoms with Crippen LogP contribution in [0.25, 0.3) is 5.69 Å². The number of aromatic nitrogens is 2. The largest absolute Gasteiger partial charge is 0.416 e. The van der Waals surface area contributed by atoms with E-state index in [-0.39, 0.29) is 5.56 Å². The van der Waals surface area contributed by atoms with E-state index in [1.165, 1.54) is 10.7 Å². The van der Waals surface area contributed by atoms with Crippen LogP contribution in [0.1, 0.15) is 22.5 Å². The Labute approximate surface area is 107 Å². The van der Waals surface area contributed by atoms with Gasteiger partial charge in [0.2, 0.25) is 0 Å². The van der Waals surface area contributed by atoms with E-state index in [0.29, 0.717) is 5.69 Å². The Morgan fingerprint density at radius 2 is 1.89 bits per heavy atom. The van der Waals surface area contributed by atoms with Gasteiger partial charge in [0.25, 0.3) is 0 Å². The molecule has 0 saturated carbocycles. The van der Waals surface area contributed by atoms with Crippen molar-refractivity contribution in [3.8, 4) is 11.8 Å². The summed E-state index contributed by atoms with van der Waals surface area (Å²) < 4.78 is 39.2. The van der Waals surface area contributed by atoms with E-state index in [0.717, 1.165) is 23.5 Å². The van der Waals surface area contributed by atoms with E-state index in [9.17, 15) is 13.2 Å². The predicted molar refractivity (Wildman–Crippen MR) is 62.8 cm³/mol. The molecule has 6 heteroatoms. The minimum absolute atomic E-state index is 0.0546. The Morgan fingerprint density at radius 3 is 2.37 bits per heavy atom. The molecule has 3 nitrogen and oxygen atoms in total. The van der Waals surface area contributed by atoms with Gasteiger partial charge in [0.1, 0.15) is 6.07 Å². The molecule has 0 aliphatic carbocycles. The minimum Gasteiger partial charge on any atom is -0.237 e. The number of hydrogen-bond acceptors (Lipinski definition) is 2. The maximum atomic E-state index is 12.6. The Morgan fingerprint density at radius 1 is 1.21 bits per heavy atom. The lowest BCUT2D eigenvalue weighted by Crippen LogP contribution is -2.08. The average Bonchev–Trinajstić information content (AvgIpc) is 2.66. The number of hydrogen-bond donors (Lipinski definition) is 0. The van der Waals surface area contributed by atoms with Crippen LogP contribution >= 0.6 is 0 Å². The molecule has 0 saturated heterocycles. The highest BCUT2D eigenvalue weighted by atomic mass is 19.4. The zero-order chi connectivity index (χ0) is 14.2. The monoisotopic (exact) mass is 265 g/mol. The number of nitrogens with zero attached hydrogens (tertiary/aromatic N) is 3. The normalized spacial score (nSPS) is 11.4. The number of aryl methyl sites for hydroxylation is 2. The van der Waals surface area contributed by atoms with Gasteiger partial charge in [-0.2, -0.15) is 23.5 Å². The molecule has 0 unspecified atom stereocenters. The summed E-state index contributed by atoms with van der Waals surface area (Å²) in [7, 11) is 0. The van der Waals surface area contributed by atoms with Crippen molar-refractivity contribution in [2.45, 2.75) is 20.0 Å². The molecule has 0 fully saturated rings. The first-order valence-corrected chi connectivity index (χ1v) is 5.48. The van der Waals surface area contributed by atoms with Gasteiger partial charge < -0.3 is 0 Å². The quantitative estimate of drug-likeness (QED) is 0.793. The summed E-state index contributed by atoms with van der Waals surface area (Å²) in [5.41, 5.74) is 0.950. The third-order valence-corrected chi connectivity index (χ3v) is 2.68. The first kappa shape index (κ1) is 13.1. The van der Waals surface area contributed by atoms with Crippen LogP contribution < -0.4 is 0 Å². The first-order valence-electron chi connectivity index (χ1n) is 5.48. The molecule has 0 radical (unpaired) electrons. The molecule has 0 N–H and O–H groups in total. The van der Waals surface area contributed by atoms with E-state index in [1.807, 2.05) is 0 Å². The van der Waals surface area contributed by atoms with Gasteiger partial charge in [-0.1, -0.05) is 0 Å². The maximum absolute atomic E-state index is 12.6. The molecule has 2 aromatic rings. The molecule has 0 aliphatic heterocycles. The molecule has 1 aromatic carbocycles. The molecular weight excluding hydrogens is 255 g/mol. The predicted octanol–water partition coefficient (Wildman–Crippen LogP) is 3.38. The van der Waals surface area contributed by atoms with E-state index in [1.54, 1.807) is 26.0 Å². The lowest BCUT2D eigenvalue weighted by atomic mass is 10.1. The summed E-state index contributed by atoms with van der Waals surface area (Å²) in [6.07, 6.45) is -4.46. The number of halogens is 3. The lowest BCUT2D eigenvalue weighted by Gasteiger charge is -2.10. The van der Waals surface area contributed by atoms with Gasteiger partial charge in [-0.15, -0.1) is 0 Å². The van der Waals surface area contributed by atoms with Gasteiger partial charge >= 0.3 is 6.18 Å². The molecular formula is C13H10F3N3. The maximum Gasteiger partial charge on any atom is 0.416 e. The van der Waals surface area contributed by atoms with Crippen molar-refractivity contribution in [2.75, 3.05) is 0 Å². The molecule has 0 spiro atoms. The van der Waals surface area contributed by atoms with Gasteiger partial charge in [-0.25, -0.2) is 4.68 Å². The van der Waals surface area contributed by atoms with E-state index < -0.39 is 11.7 Å². The van der Waals surface area contributed by atoms with E-state index in [4.69, 9.17) is 5.26 Å². The minimum atomic E-state index is -4.46. The number of alkyl halides is 3. The van der Waals surface area contributed by atoms with E-state index in [2.05, 4.69) is 5.10 Å². The Kier molecular flexibility index (Phi) is 3.06. The summed E-state index contributed by atoms with van der Waals surface area (Å²) in [5, 5.41) is 13.2. The molecule has 1 aromatic heterocycles. The summed E-state index contributed by atoms with van der Waals surface area (Å²) >= 11 is 0. The van der Waals surface area contributed by atoms with Crippen LogP contribution in [0.5, 0.6) is 0 Å². The van der Waals surface area contributed by atoms with Crippen LogP contribution in [0.3, 0.4) is 0 Å². The van der Waals surface area contributed by atoms with Crippen LogP contribution in [0.4, 0.5) is 13.2 Å². The Balaban J connectivity index is 2.61. The third-order valence-electron chi connectivity index (χ3n) is 2.68. The van der Waals surface area contributed by atoms with Crippen molar-refractivity contribution in [1.82, 2.24) is 9.78 Å².